The topological polar surface area (TPSA) is 4.41 Å². The first kappa shape index (κ1) is 22.6. The average molecular weight is 502 g/mol. The van der Waals surface area contributed by atoms with Crippen LogP contribution in [0.25, 0.3) is 70.8 Å². The summed E-state index contributed by atoms with van der Waals surface area (Å²) in [5.41, 5.74) is 9.23. The second-order valence-electron chi connectivity index (χ2n) is 11.9. The predicted octanol–water partition coefficient (Wildman–Crippen LogP) is 11.1. The molecule has 0 unspecified atom stereocenters. The maximum absolute atomic E-state index is 2.52. The first-order valence-electron chi connectivity index (χ1n) is 14.2. The van der Waals surface area contributed by atoms with E-state index in [4.69, 9.17) is 0 Å². The summed E-state index contributed by atoms with van der Waals surface area (Å²) >= 11 is 0. The lowest BCUT2D eigenvalue weighted by molar-refractivity contribution is 0.869. The zero-order valence-corrected chi connectivity index (χ0v) is 22.9. The lowest BCUT2D eigenvalue weighted by atomic mass is 9.95. The molecule has 0 atom stereocenters. The van der Waals surface area contributed by atoms with Crippen molar-refractivity contribution in [1.82, 2.24) is 4.40 Å². The van der Waals surface area contributed by atoms with E-state index < -0.39 is 0 Å². The molecule has 8 aromatic rings. The number of fused-ring (bicyclic) bond motifs is 8. The van der Waals surface area contributed by atoms with Crippen LogP contribution in [0.2, 0.25) is 0 Å². The zero-order valence-electron chi connectivity index (χ0n) is 22.9. The van der Waals surface area contributed by atoms with Crippen LogP contribution in [0.15, 0.2) is 103 Å². The molecule has 0 saturated carbocycles. The molecule has 188 valence electrons. The van der Waals surface area contributed by atoms with Gasteiger partial charge in [-0.25, -0.2) is 0 Å². The first-order chi connectivity index (χ1) is 19.0. The van der Waals surface area contributed by atoms with Crippen molar-refractivity contribution in [2.45, 2.75) is 39.5 Å². The van der Waals surface area contributed by atoms with E-state index in [1.165, 1.54) is 81.9 Å². The fourth-order valence-electron chi connectivity index (χ4n) is 6.58. The summed E-state index contributed by atoms with van der Waals surface area (Å²) in [6, 6.07) is 39.2. The molecule has 0 aliphatic carbocycles. The fraction of sp³-hybridized carbons (Fsp3) is 0.158. The molecule has 0 aliphatic rings. The molecule has 0 saturated heterocycles. The van der Waals surface area contributed by atoms with E-state index in [-0.39, 0.29) is 0 Å². The molecule has 1 nitrogen and oxygen atoms in total. The van der Waals surface area contributed by atoms with Crippen LogP contribution in [0, 0.1) is 0 Å². The Hall–Kier alpha value is -4.36. The van der Waals surface area contributed by atoms with E-state index in [9.17, 15) is 0 Å². The van der Waals surface area contributed by atoms with Crippen molar-refractivity contribution in [3.05, 3.63) is 114 Å². The monoisotopic (exact) mass is 501 g/mol. The summed E-state index contributed by atoms with van der Waals surface area (Å²) in [7, 11) is 0. The third kappa shape index (κ3) is 3.26. The van der Waals surface area contributed by atoms with Crippen LogP contribution in [0.5, 0.6) is 0 Å². The lowest BCUT2D eigenvalue weighted by Gasteiger charge is -2.09. The molecule has 0 amide bonds. The van der Waals surface area contributed by atoms with Gasteiger partial charge in [-0.1, -0.05) is 94.4 Å². The number of aromatic nitrogens is 1. The lowest BCUT2D eigenvalue weighted by Crippen LogP contribution is -1.88. The Labute approximate surface area is 228 Å². The maximum Gasteiger partial charge on any atom is 0.0620 e. The number of hydrogen-bond acceptors (Lipinski definition) is 0. The van der Waals surface area contributed by atoms with E-state index >= 15 is 0 Å². The second kappa shape index (κ2) is 8.07. The molecular weight excluding hydrogens is 470 g/mol. The van der Waals surface area contributed by atoms with Crippen molar-refractivity contribution < 1.29 is 0 Å². The van der Waals surface area contributed by atoms with E-state index in [1.807, 2.05) is 0 Å². The second-order valence-corrected chi connectivity index (χ2v) is 11.9. The smallest absolute Gasteiger partial charge is 0.0620 e. The molecule has 0 aliphatic heterocycles. The van der Waals surface area contributed by atoms with Crippen molar-refractivity contribution in [3.8, 4) is 11.1 Å². The van der Waals surface area contributed by atoms with Crippen molar-refractivity contribution in [1.29, 1.82) is 0 Å². The first-order valence-corrected chi connectivity index (χ1v) is 14.2. The average Bonchev–Trinajstić information content (AvgIpc) is 3.44. The van der Waals surface area contributed by atoms with E-state index in [1.54, 1.807) is 0 Å². The number of nitrogens with zero attached hydrogens (tertiary/aromatic N) is 1. The van der Waals surface area contributed by atoms with E-state index in [2.05, 4.69) is 135 Å². The van der Waals surface area contributed by atoms with Gasteiger partial charge in [-0.3, -0.25) is 0 Å². The molecule has 2 aromatic heterocycles. The summed E-state index contributed by atoms with van der Waals surface area (Å²) in [6.45, 7) is 9.09. The van der Waals surface area contributed by atoms with Gasteiger partial charge in [0.05, 0.1) is 16.6 Å². The molecule has 8 rings (SSSR count). The molecule has 2 heterocycles. The highest BCUT2D eigenvalue weighted by Crippen LogP contribution is 2.44. The summed E-state index contributed by atoms with van der Waals surface area (Å²) in [6.07, 6.45) is 0. The predicted molar refractivity (Wildman–Crippen MR) is 170 cm³/mol. The molecule has 0 bridgehead atoms. The van der Waals surface area contributed by atoms with Crippen LogP contribution in [0.3, 0.4) is 0 Å². The van der Waals surface area contributed by atoms with E-state index in [0.29, 0.717) is 11.8 Å². The van der Waals surface area contributed by atoms with Crippen molar-refractivity contribution in [3.63, 3.8) is 0 Å². The van der Waals surface area contributed by atoms with Crippen LogP contribution in [0.1, 0.15) is 50.7 Å². The van der Waals surface area contributed by atoms with Gasteiger partial charge in [-0.15, -0.1) is 0 Å². The Morgan fingerprint density at radius 2 is 0.949 bits per heavy atom. The third-order valence-electron chi connectivity index (χ3n) is 8.79. The highest BCUT2D eigenvalue weighted by Gasteiger charge is 2.20. The molecule has 1 heteroatoms. The summed E-state index contributed by atoms with van der Waals surface area (Å²) in [5.74, 6) is 1.02. The summed E-state index contributed by atoms with van der Waals surface area (Å²) in [4.78, 5) is 0. The SMILES string of the molecule is CC(C)c1ccc2cc3c(cc2c1)c1cc(-c2ccccc2)cc2c4cc5cc(C(C)C)ccc5cc4n3c12. The molecule has 0 spiro atoms. The fourth-order valence-corrected chi connectivity index (χ4v) is 6.58. The maximum atomic E-state index is 2.52. The van der Waals surface area contributed by atoms with Crippen LogP contribution < -0.4 is 0 Å². The van der Waals surface area contributed by atoms with Gasteiger partial charge in [0, 0.05) is 21.5 Å². The molecule has 39 heavy (non-hydrogen) atoms. The molecular formula is C38H31N. The highest BCUT2D eigenvalue weighted by molar-refractivity contribution is 6.27. The molecule has 6 aromatic carbocycles. The Morgan fingerprint density at radius 3 is 1.44 bits per heavy atom. The van der Waals surface area contributed by atoms with Crippen LogP contribution in [-0.4, -0.2) is 4.40 Å². The minimum Gasteiger partial charge on any atom is -0.308 e. The van der Waals surface area contributed by atoms with Gasteiger partial charge in [0.25, 0.3) is 0 Å². The standard InChI is InChI=1S/C38H31N/c1-22(2)25-10-12-27-20-36-32(16-29(27)14-25)34-18-31(24-8-6-5-7-9-24)19-35-33-17-30-15-26(23(3)4)11-13-28(30)21-37(33)39(36)38(34)35/h5-23H,1-4H3. The third-order valence-corrected chi connectivity index (χ3v) is 8.79. The number of benzene rings is 6. The van der Waals surface area contributed by atoms with Crippen LogP contribution in [-0.2, 0) is 0 Å². The van der Waals surface area contributed by atoms with Gasteiger partial charge >= 0.3 is 0 Å². The van der Waals surface area contributed by atoms with Crippen molar-refractivity contribution in [2.24, 2.45) is 0 Å². The number of hydrogen-bond donors (Lipinski definition) is 0. The highest BCUT2D eigenvalue weighted by atomic mass is 14.9. The van der Waals surface area contributed by atoms with Gasteiger partial charge in [0.15, 0.2) is 0 Å². The number of rotatable bonds is 3. The normalized spacial score (nSPS) is 12.6. The van der Waals surface area contributed by atoms with Crippen molar-refractivity contribution in [2.75, 3.05) is 0 Å². The summed E-state index contributed by atoms with van der Waals surface area (Å²) < 4.78 is 2.52. The zero-order chi connectivity index (χ0) is 26.4. The van der Waals surface area contributed by atoms with Crippen molar-refractivity contribution >= 4 is 59.6 Å². The molecule has 0 N–H and O–H groups in total. The Kier molecular flexibility index (Phi) is 4.68. The quantitative estimate of drug-likeness (QED) is 0.227. The van der Waals surface area contributed by atoms with Crippen LogP contribution >= 0.6 is 0 Å². The Balaban J connectivity index is 1.56. The van der Waals surface area contributed by atoms with E-state index in [0.717, 1.165) is 0 Å². The molecule has 0 radical (unpaired) electrons. The Bertz CT molecular complexity index is 2080. The largest absolute Gasteiger partial charge is 0.308 e. The Morgan fingerprint density at radius 1 is 0.436 bits per heavy atom. The minimum absolute atomic E-state index is 0.512. The van der Waals surface area contributed by atoms with Gasteiger partial charge in [0.2, 0.25) is 0 Å². The van der Waals surface area contributed by atoms with Gasteiger partial charge in [0.1, 0.15) is 0 Å². The molecule has 0 fully saturated rings. The van der Waals surface area contributed by atoms with Gasteiger partial charge in [-0.2, -0.15) is 0 Å². The van der Waals surface area contributed by atoms with Gasteiger partial charge < -0.3 is 4.40 Å². The van der Waals surface area contributed by atoms with Gasteiger partial charge in [-0.05, 0) is 92.0 Å². The summed E-state index contributed by atoms with van der Waals surface area (Å²) in [5, 5.41) is 10.6. The van der Waals surface area contributed by atoms with Crippen LogP contribution in [0.4, 0.5) is 0 Å². The minimum atomic E-state index is 0.512.